The molecule has 7 rings (SSSR count). The average molecular weight is 594 g/mol. The molecule has 2 saturated heterocycles. The summed E-state index contributed by atoms with van der Waals surface area (Å²) in [5.41, 5.74) is 5.88. The molecular weight excluding hydrogens is 561 g/mol. The Hall–Kier alpha value is -4.75. The molecule has 10 heteroatoms. The minimum Gasteiger partial charge on any atom is -0.489 e. The van der Waals surface area contributed by atoms with Crippen LogP contribution in [0.1, 0.15) is 63.5 Å². The second kappa shape index (κ2) is 11.4. The Morgan fingerprint density at radius 1 is 0.955 bits per heavy atom. The lowest BCUT2D eigenvalue weighted by Gasteiger charge is -2.39. The Kier molecular flexibility index (Phi) is 7.26. The Balaban J connectivity index is 0.985. The van der Waals surface area contributed by atoms with E-state index in [-0.39, 0.29) is 30.6 Å². The van der Waals surface area contributed by atoms with E-state index in [0.717, 1.165) is 50.1 Å². The van der Waals surface area contributed by atoms with Crippen LogP contribution in [0.2, 0.25) is 0 Å². The van der Waals surface area contributed by atoms with Gasteiger partial charge in [-0.05, 0) is 66.3 Å². The molecule has 3 aliphatic heterocycles. The molecule has 0 spiro atoms. The number of amides is 3. The number of anilines is 1. The molecule has 3 aromatic rings. The molecule has 0 radical (unpaired) electrons. The quantitative estimate of drug-likeness (QED) is 0.433. The minimum atomic E-state index is -0.662. The number of hydrogen-bond donors (Lipinski definition) is 1. The third-order valence-electron chi connectivity index (χ3n) is 9.36. The largest absolute Gasteiger partial charge is 0.489 e. The molecule has 1 unspecified atom stereocenters. The number of halogens is 1. The molecule has 9 nitrogen and oxygen atoms in total. The molecule has 0 bridgehead atoms. The molecule has 4 aliphatic rings. The molecular formula is C34H32FN5O4. The van der Waals surface area contributed by atoms with Gasteiger partial charge in [0.25, 0.3) is 5.91 Å². The highest BCUT2D eigenvalue weighted by molar-refractivity contribution is 6.05. The number of carbonyl (C=O) groups is 3. The van der Waals surface area contributed by atoms with Gasteiger partial charge in [-0.2, -0.15) is 5.26 Å². The monoisotopic (exact) mass is 593 g/mol. The highest BCUT2D eigenvalue weighted by Gasteiger charge is 2.40. The summed E-state index contributed by atoms with van der Waals surface area (Å²) in [6.07, 6.45) is 2.56. The Morgan fingerprint density at radius 3 is 2.55 bits per heavy atom. The summed E-state index contributed by atoms with van der Waals surface area (Å²) in [4.78, 5) is 43.2. The van der Waals surface area contributed by atoms with E-state index in [1.165, 1.54) is 22.1 Å². The van der Waals surface area contributed by atoms with Crippen molar-refractivity contribution in [2.75, 3.05) is 31.1 Å². The van der Waals surface area contributed by atoms with Crippen molar-refractivity contribution >= 4 is 23.4 Å². The second-order valence-electron chi connectivity index (χ2n) is 11.9. The summed E-state index contributed by atoms with van der Waals surface area (Å²) >= 11 is 0. The van der Waals surface area contributed by atoms with Crippen LogP contribution in [0.25, 0.3) is 0 Å². The number of benzene rings is 3. The van der Waals surface area contributed by atoms with Gasteiger partial charge in [-0.15, -0.1) is 0 Å². The number of imide groups is 1. The van der Waals surface area contributed by atoms with Crippen molar-refractivity contribution in [3.8, 4) is 11.8 Å². The summed E-state index contributed by atoms with van der Waals surface area (Å²) < 4.78 is 20.8. The highest BCUT2D eigenvalue weighted by Crippen LogP contribution is 2.38. The number of nitrogens with one attached hydrogen (secondary N) is 1. The van der Waals surface area contributed by atoms with Crippen LogP contribution in [-0.4, -0.2) is 59.7 Å². The normalized spacial score (nSPS) is 21.6. The molecule has 2 fully saturated rings. The number of nitrogens with zero attached hydrogens (tertiary/aromatic N) is 4. The molecule has 3 heterocycles. The van der Waals surface area contributed by atoms with Crippen LogP contribution in [0.3, 0.4) is 0 Å². The lowest BCUT2D eigenvalue weighted by molar-refractivity contribution is -0.136. The lowest BCUT2D eigenvalue weighted by Crippen LogP contribution is -2.52. The maximum absolute atomic E-state index is 14.6. The second-order valence-corrected chi connectivity index (χ2v) is 11.9. The van der Waals surface area contributed by atoms with Gasteiger partial charge in [0.15, 0.2) is 0 Å². The fraction of sp³-hybridized carbons (Fsp3) is 0.353. The minimum absolute atomic E-state index is 0.216. The fourth-order valence-electron chi connectivity index (χ4n) is 7.08. The van der Waals surface area contributed by atoms with Crippen LogP contribution in [0.5, 0.6) is 5.75 Å². The summed E-state index contributed by atoms with van der Waals surface area (Å²) in [6, 6.07) is 18.2. The van der Waals surface area contributed by atoms with Crippen molar-refractivity contribution in [1.29, 1.82) is 5.26 Å². The van der Waals surface area contributed by atoms with E-state index in [2.05, 4.69) is 33.3 Å². The van der Waals surface area contributed by atoms with Gasteiger partial charge in [0, 0.05) is 49.8 Å². The van der Waals surface area contributed by atoms with E-state index in [1.54, 1.807) is 24.3 Å². The first-order valence-electron chi connectivity index (χ1n) is 15.1. The first kappa shape index (κ1) is 28.0. The highest BCUT2D eigenvalue weighted by atomic mass is 19.1. The van der Waals surface area contributed by atoms with Crippen molar-refractivity contribution in [3.63, 3.8) is 0 Å². The summed E-state index contributed by atoms with van der Waals surface area (Å²) in [5.74, 6) is -0.674. The number of hydrogen-bond acceptors (Lipinski definition) is 7. The lowest BCUT2D eigenvalue weighted by atomic mass is 10.0. The van der Waals surface area contributed by atoms with Crippen LogP contribution >= 0.6 is 0 Å². The Labute approximate surface area is 254 Å². The number of nitriles is 1. The summed E-state index contributed by atoms with van der Waals surface area (Å²) in [5, 5.41) is 11.4. The molecule has 3 aromatic carbocycles. The fourth-order valence-corrected chi connectivity index (χ4v) is 7.08. The third-order valence-corrected chi connectivity index (χ3v) is 9.36. The zero-order valence-corrected chi connectivity index (χ0v) is 24.2. The maximum Gasteiger partial charge on any atom is 0.255 e. The van der Waals surface area contributed by atoms with Gasteiger partial charge >= 0.3 is 0 Å². The number of piperidine rings is 1. The molecule has 1 aliphatic carbocycles. The number of ether oxygens (including phenoxy) is 1. The van der Waals surface area contributed by atoms with Gasteiger partial charge < -0.3 is 14.5 Å². The molecule has 1 N–H and O–H groups in total. The van der Waals surface area contributed by atoms with Crippen LogP contribution in [0.15, 0.2) is 54.6 Å². The Bertz CT molecular complexity index is 1710. The van der Waals surface area contributed by atoms with Crippen molar-refractivity contribution < 1.29 is 23.5 Å². The molecule has 2 atom stereocenters. The number of aryl methyl sites for hydroxylation is 1. The van der Waals surface area contributed by atoms with Gasteiger partial charge in [0.05, 0.1) is 23.9 Å². The zero-order valence-electron chi connectivity index (χ0n) is 24.2. The standard InChI is InChI=1S/C34H32FN5O4/c35-27-17-21(18-36)5-8-29(27)39-14-12-38(13-15-39)28-9-6-23-16-22(4-7-24(23)28)20-44-31-3-1-2-25-26(31)19-40(34(25)43)30-10-11-32(41)37-33(30)42/h1-5,7-8,16-17,28,30H,6,9-15,19-20H2,(H,37,41,42)/t28?,30-/m0/s1. The van der Waals surface area contributed by atoms with Gasteiger partial charge in [-0.1, -0.05) is 24.3 Å². The van der Waals surface area contributed by atoms with Crippen molar-refractivity contribution in [2.45, 2.75) is 50.9 Å². The molecule has 44 heavy (non-hydrogen) atoms. The summed E-state index contributed by atoms with van der Waals surface area (Å²) in [6.45, 7) is 3.75. The van der Waals surface area contributed by atoms with Gasteiger partial charge in [0.2, 0.25) is 11.8 Å². The number of piperazine rings is 1. The van der Waals surface area contributed by atoms with Crippen LogP contribution in [-0.2, 0) is 29.2 Å². The molecule has 3 amide bonds. The number of carbonyl (C=O) groups excluding carboxylic acids is 3. The average Bonchev–Trinajstić information content (AvgIpc) is 3.61. The van der Waals surface area contributed by atoms with E-state index >= 15 is 0 Å². The van der Waals surface area contributed by atoms with Gasteiger partial charge in [-0.25, -0.2) is 4.39 Å². The van der Waals surface area contributed by atoms with Crippen LogP contribution in [0, 0.1) is 17.1 Å². The van der Waals surface area contributed by atoms with E-state index in [9.17, 15) is 18.8 Å². The first-order chi connectivity index (χ1) is 21.4. The molecule has 0 aromatic heterocycles. The molecule has 0 saturated carbocycles. The summed E-state index contributed by atoms with van der Waals surface area (Å²) in [7, 11) is 0. The van der Waals surface area contributed by atoms with E-state index in [0.29, 0.717) is 41.6 Å². The van der Waals surface area contributed by atoms with E-state index in [4.69, 9.17) is 10.00 Å². The first-order valence-corrected chi connectivity index (χ1v) is 15.1. The predicted molar refractivity (Wildman–Crippen MR) is 159 cm³/mol. The topological polar surface area (TPSA) is 106 Å². The predicted octanol–water partition coefficient (Wildman–Crippen LogP) is 3.85. The van der Waals surface area contributed by atoms with Crippen molar-refractivity contribution in [3.05, 3.63) is 93.8 Å². The van der Waals surface area contributed by atoms with Gasteiger partial charge in [-0.3, -0.25) is 24.6 Å². The zero-order chi connectivity index (χ0) is 30.4. The maximum atomic E-state index is 14.6. The van der Waals surface area contributed by atoms with Crippen LogP contribution in [0.4, 0.5) is 10.1 Å². The third kappa shape index (κ3) is 5.07. The van der Waals surface area contributed by atoms with Crippen molar-refractivity contribution in [2.24, 2.45) is 0 Å². The number of rotatable bonds is 6. The smallest absolute Gasteiger partial charge is 0.255 e. The van der Waals surface area contributed by atoms with E-state index in [1.807, 2.05) is 12.1 Å². The van der Waals surface area contributed by atoms with Gasteiger partial charge in [0.1, 0.15) is 24.2 Å². The Morgan fingerprint density at radius 2 is 1.77 bits per heavy atom. The van der Waals surface area contributed by atoms with Crippen LogP contribution < -0.4 is 15.0 Å². The van der Waals surface area contributed by atoms with Crippen molar-refractivity contribution in [1.82, 2.24) is 15.1 Å². The number of fused-ring (bicyclic) bond motifs is 2. The SMILES string of the molecule is N#Cc1ccc(N2CCN(C3CCc4cc(COc5cccc6c5CN([C@H]5CCC(=O)NC5=O)C6=O)ccc43)CC2)c(F)c1. The van der Waals surface area contributed by atoms with E-state index < -0.39 is 11.9 Å². The molecule has 224 valence electrons.